The average Bonchev–Trinajstić information content (AvgIpc) is 2.95. The molecule has 0 aliphatic heterocycles. The first-order chi connectivity index (χ1) is 9.85. The van der Waals surface area contributed by atoms with Crippen molar-refractivity contribution in [1.29, 1.82) is 0 Å². The van der Waals surface area contributed by atoms with Crippen molar-refractivity contribution in [2.75, 3.05) is 19.3 Å². The molecule has 2 aromatic rings. The second kappa shape index (κ2) is 8.07. The predicted octanol–water partition coefficient (Wildman–Crippen LogP) is 3.39. The van der Waals surface area contributed by atoms with Gasteiger partial charge in [0.15, 0.2) is 0 Å². The Morgan fingerprint density at radius 3 is 2.85 bits per heavy atom. The third-order valence-corrected chi connectivity index (χ3v) is 3.77. The van der Waals surface area contributed by atoms with E-state index in [4.69, 9.17) is 4.42 Å². The minimum absolute atomic E-state index is 0.617. The van der Waals surface area contributed by atoms with Gasteiger partial charge in [0.1, 0.15) is 0 Å². The quantitative estimate of drug-likeness (QED) is 0.597. The van der Waals surface area contributed by atoms with E-state index in [-0.39, 0.29) is 0 Å². The maximum Gasteiger partial charge on any atom is 0.248 e. The topological polar surface area (TPSA) is 51.0 Å². The van der Waals surface area contributed by atoms with Crippen molar-refractivity contribution in [2.24, 2.45) is 0 Å². The summed E-state index contributed by atoms with van der Waals surface area (Å²) in [6, 6.07) is 8.10. The number of benzene rings is 1. The SMILES string of the molecule is CCCNCCCc1nnc(-c2ccccc2SC)o1. The van der Waals surface area contributed by atoms with Gasteiger partial charge < -0.3 is 9.73 Å². The molecule has 1 N–H and O–H groups in total. The third kappa shape index (κ3) is 4.08. The summed E-state index contributed by atoms with van der Waals surface area (Å²) in [4.78, 5) is 1.16. The van der Waals surface area contributed by atoms with E-state index in [0.717, 1.165) is 42.8 Å². The standard InChI is InChI=1S/C15H21N3OS/c1-3-10-16-11-6-9-14-17-18-15(19-14)12-7-4-5-8-13(12)20-2/h4-5,7-8,16H,3,6,9-11H2,1-2H3. The summed E-state index contributed by atoms with van der Waals surface area (Å²) < 4.78 is 5.76. The largest absolute Gasteiger partial charge is 0.421 e. The molecule has 0 aliphatic carbocycles. The number of hydrogen-bond acceptors (Lipinski definition) is 5. The highest BCUT2D eigenvalue weighted by Gasteiger charge is 2.11. The lowest BCUT2D eigenvalue weighted by atomic mass is 10.2. The molecule has 0 unspecified atom stereocenters. The van der Waals surface area contributed by atoms with Crippen LogP contribution in [-0.2, 0) is 6.42 Å². The van der Waals surface area contributed by atoms with Gasteiger partial charge in [0.2, 0.25) is 11.8 Å². The molecule has 108 valence electrons. The second-order valence-electron chi connectivity index (χ2n) is 4.55. The van der Waals surface area contributed by atoms with Gasteiger partial charge in [0.25, 0.3) is 0 Å². The van der Waals surface area contributed by atoms with Crippen molar-refractivity contribution in [2.45, 2.75) is 31.1 Å². The third-order valence-electron chi connectivity index (χ3n) is 2.98. The molecule has 0 radical (unpaired) electrons. The lowest BCUT2D eigenvalue weighted by molar-refractivity contribution is 0.490. The highest BCUT2D eigenvalue weighted by atomic mass is 32.2. The number of thioether (sulfide) groups is 1. The number of hydrogen-bond donors (Lipinski definition) is 1. The molecule has 0 fully saturated rings. The lowest BCUT2D eigenvalue weighted by Crippen LogP contribution is -2.16. The fourth-order valence-electron chi connectivity index (χ4n) is 1.95. The molecule has 0 atom stereocenters. The van der Waals surface area contributed by atoms with Crippen LogP contribution in [0.3, 0.4) is 0 Å². The van der Waals surface area contributed by atoms with Crippen LogP contribution in [0.4, 0.5) is 0 Å². The van der Waals surface area contributed by atoms with E-state index >= 15 is 0 Å². The number of rotatable bonds is 8. The Hall–Kier alpha value is -1.33. The van der Waals surface area contributed by atoms with E-state index in [9.17, 15) is 0 Å². The Labute approximate surface area is 124 Å². The first kappa shape index (κ1) is 15.1. The van der Waals surface area contributed by atoms with Crippen LogP contribution >= 0.6 is 11.8 Å². The van der Waals surface area contributed by atoms with Crippen LogP contribution in [0, 0.1) is 0 Å². The van der Waals surface area contributed by atoms with E-state index in [1.165, 1.54) is 0 Å². The number of nitrogens with zero attached hydrogens (tertiary/aromatic N) is 2. The Balaban J connectivity index is 1.95. The predicted molar refractivity (Wildman–Crippen MR) is 83.0 cm³/mol. The maximum absolute atomic E-state index is 5.76. The molecule has 1 heterocycles. The minimum Gasteiger partial charge on any atom is -0.421 e. The first-order valence-corrected chi connectivity index (χ1v) is 8.24. The Morgan fingerprint density at radius 2 is 2.05 bits per heavy atom. The summed E-state index contributed by atoms with van der Waals surface area (Å²) in [5.74, 6) is 1.33. The zero-order valence-electron chi connectivity index (χ0n) is 12.1. The summed E-state index contributed by atoms with van der Waals surface area (Å²) in [5, 5.41) is 11.7. The van der Waals surface area contributed by atoms with Crippen LogP contribution in [0.15, 0.2) is 33.6 Å². The van der Waals surface area contributed by atoms with Gasteiger partial charge in [-0.2, -0.15) is 0 Å². The van der Waals surface area contributed by atoms with E-state index < -0.39 is 0 Å². The normalized spacial score (nSPS) is 10.9. The van der Waals surface area contributed by atoms with Crippen molar-refractivity contribution in [3.63, 3.8) is 0 Å². The van der Waals surface area contributed by atoms with Gasteiger partial charge in [-0.3, -0.25) is 0 Å². The van der Waals surface area contributed by atoms with Crippen molar-refractivity contribution in [3.05, 3.63) is 30.2 Å². The van der Waals surface area contributed by atoms with Gasteiger partial charge >= 0.3 is 0 Å². The molecule has 0 saturated heterocycles. The van der Waals surface area contributed by atoms with Crippen molar-refractivity contribution >= 4 is 11.8 Å². The van der Waals surface area contributed by atoms with Crippen molar-refractivity contribution in [1.82, 2.24) is 15.5 Å². The second-order valence-corrected chi connectivity index (χ2v) is 5.40. The number of nitrogens with one attached hydrogen (secondary N) is 1. The molecular formula is C15H21N3OS. The van der Waals surface area contributed by atoms with Gasteiger partial charge in [-0.05, 0) is 44.3 Å². The zero-order chi connectivity index (χ0) is 14.2. The van der Waals surface area contributed by atoms with E-state index in [2.05, 4.69) is 34.8 Å². The molecule has 1 aromatic carbocycles. The summed E-state index contributed by atoms with van der Waals surface area (Å²) >= 11 is 1.69. The highest BCUT2D eigenvalue weighted by molar-refractivity contribution is 7.98. The zero-order valence-corrected chi connectivity index (χ0v) is 12.9. The van der Waals surface area contributed by atoms with Gasteiger partial charge in [-0.15, -0.1) is 22.0 Å². The molecule has 1 aromatic heterocycles. The monoisotopic (exact) mass is 291 g/mol. The summed E-state index contributed by atoms with van der Waals surface area (Å²) in [6.45, 7) is 4.23. The number of aryl methyl sites for hydroxylation is 1. The highest BCUT2D eigenvalue weighted by Crippen LogP contribution is 2.28. The molecule has 0 spiro atoms. The molecule has 0 amide bonds. The molecule has 20 heavy (non-hydrogen) atoms. The molecule has 4 nitrogen and oxygen atoms in total. The van der Waals surface area contributed by atoms with E-state index in [0.29, 0.717) is 11.8 Å². The van der Waals surface area contributed by atoms with Gasteiger partial charge in [-0.25, -0.2) is 0 Å². The minimum atomic E-state index is 0.617. The van der Waals surface area contributed by atoms with Gasteiger partial charge in [0, 0.05) is 11.3 Å². The Bertz CT molecular complexity index is 527. The van der Waals surface area contributed by atoms with Crippen molar-refractivity contribution in [3.8, 4) is 11.5 Å². The summed E-state index contributed by atoms with van der Waals surface area (Å²) in [7, 11) is 0. The fourth-order valence-corrected chi connectivity index (χ4v) is 2.54. The molecular weight excluding hydrogens is 270 g/mol. The lowest BCUT2D eigenvalue weighted by Gasteiger charge is -2.02. The first-order valence-electron chi connectivity index (χ1n) is 7.01. The van der Waals surface area contributed by atoms with Crippen LogP contribution < -0.4 is 5.32 Å². The van der Waals surface area contributed by atoms with Crippen LogP contribution in [0.25, 0.3) is 11.5 Å². The fraction of sp³-hybridized carbons (Fsp3) is 0.467. The summed E-state index contributed by atoms with van der Waals surface area (Å²) in [5.41, 5.74) is 1.02. The molecule has 0 saturated carbocycles. The summed E-state index contributed by atoms with van der Waals surface area (Å²) in [6.07, 6.45) is 5.06. The molecule has 5 heteroatoms. The van der Waals surface area contributed by atoms with Crippen molar-refractivity contribution < 1.29 is 4.42 Å². The Kier molecular flexibility index (Phi) is 6.08. The van der Waals surface area contributed by atoms with E-state index in [1.807, 2.05) is 18.2 Å². The molecule has 0 bridgehead atoms. The maximum atomic E-state index is 5.76. The van der Waals surface area contributed by atoms with Gasteiger partial charge in [0.05, 0.1) is 5.56 Å². The number of aromatic nitrogens is 2. The van der Waals surface area contributed by atoms with Crippen LogP contribution in [0.5, 0.6) is 0 Å². The van der Waals surface area contributed by atoms with Crippen LogP contribution in [0.1, 0.15) is 25.7 Å². The van der Waals surface area contributed by atoms with Crippen LogP contribution in [-0.4, -0.2) is 29.5 Å². The average molecular weight is 291 g/mol. The van der Waals surface area contributed by atoms with E-state index in [1.54, 1.807) is 11.8 Å². The molecule has 0 aliphatic rings. The Morgan fingerprint density at radius 1 is 1.20 bits per heavy atom. The van der Waals surface area contributed by atoms with Gasteiger partial charge in [-0.1, -0.05) is 19.1 Å². The van der Waals surface area contributed by atoms with Crippen LogP contribution in [0.2, 0.25) is 0 Å². The smallest absolute Gasteiger partial charge is 0.248 e. The molecule has 2 rings (SSSR count).